The van der Waals surface area contributed by atoms with Gasteiger partial charge in [0, 0.05) is 11.1 Å². The summed E-state index contributed by atoms with van der Waals surface area (Å²) in [6.45, 7) is 5.28. The van der Waals surface area contributed by atoms with Crippen LogP contribution in [0.15, 0.2) is 29.2 Å². The molecule has 0 aromatic heterocycles. The van der Waals surface area contributed by atoms with Gasteiger partial charge < -0.3 is 10.6 Å². The fraction of sp³-hybridized carbons (Fsp3) is 0.533. The molecule has 0 aliphatic carbocycles. The molecule has 0 radical (unpaired) electrons. The highest BCUT2D eigenvalue weighted by Crippen LogP contribution is 2.15. The van der Waals surface area contributed by atoms with E-state index in [1.807, 2.05) is 0 Å². The normalized spacial score (nSPS) is 22.3. The second-order valence-corrected chi connectivity index (χ2v) is 8.03. The van der Waals surface area contributed by atoms with Crippen LogP contribution in [0.5, 0.6) is 0 Å². The third-order valence-electron chi connectivity index (χ3n) is 3.96. The Morgan fingerprint density at radius 2 is 1.96 bits per heavy atom. The van der Waals surface area contributed by atoms with E-state index in [9.17, 15) is 13.2 Å². The van der Waals surface area contributed by atoms with Gasteiger partial charge in [-0.1, -0.05) is 18.5 Å². The maximum absolute atomic E-state index is 12.3. The first-order chi connectivity index (χ1) is 10.8. The first-order valence-electron chi connectivity index (χ1n) is 7.58. The smallest absolute Gasteiger partial charge is 0.241 e. The first kappa shape index (κ1) is 21.2. The molecule has 1 aromatic rings. The summed E-state index contributed by atoms with van der Waals surface area (Å²) < 4.78 is 26.9. The van der Waals surface area contributed by atoms with Crippen LogP contribution in [0.2, 0.25) is 5.02 Å². The van der Waals surface area contributed by atoms with Crippen molar-refractivity contribution in [2.45, 2.75) is 37.2 Å². The standard InChI is InChI=1S/C15H22ClN3O3S.ClH/c1-10-9-17-8-7-14(10)18-15(20)11(2)19-23(21,22)13-5-3-12(16)4-6-13;/h3-6,10-11,14,17,19H,7-9H2,1-2H3,(H,18,20);1H. The second-order valence-electron chi connectivity index (χ2n) is 5.88. The molecule has 1 amide bonds. The van der Waals surface area contributed by atoms with E-state index in [0.717, 1.165) is 19.5 Å². The number of benzene rings is 1. The first-order valence-corrected chi connectivity index (χ1v) is 9.44. The van der Waals surface area contributed by atoms with Gasteiger partial charge in [0.1, 0.15) is 0 Å². The fourth-order valence-corrected chi connectivity index (χ4v) is 3.83. The van der Waals surface area contributed by atoms with Gasteiger partial charge in [-0.3, -0.25) is 4.79 Å². The Labute approximate surface area is 154 Å². The summed E-state index contributed by atoms with van der Waals surface area (Å²) in [6, 6.07) is 5.02. The number of hydrogen-bond acceptors (Lipinski definition) is 4. The molecule has 0 bridgehead atoms. The van der Waals surface area contributed by atoms with Crippen LogP contribution in [0, 0.1) is 5.92 Å². The Hall–Kier alpha value is -0.860. The topological polar surface area (TPSA) is 87.3 Å². The van der Waals surface area contributed by atoms with Crippen LogP contribution < -0.4 is 15.4 Å². The Balaban J connectivity index is 0.00000288. The molecule has 1 aliphatic heterocycles. The van der Waals surface area contributed by atoms with Crippen LogP contribution in [0.25, 0.3) is 0 Å². The summed E-state index contributed by atoms with van der Waals surface area (Å²) in [5, 5.41) is 6.64. The van der Waals surface area contributed by atoms with Crippen LogP contribution >= 0.6 is 24.0 Å². The molecular formula is C15H23Cl2N3O3S. The van der Waals surface area contributed by atoms with E-state index in [-0.39, 0.29) is 29.3 Å². The van der Waals surface area contributed by atoms with E-state index in [2.05, 4.69) is 22.3 Å². The minimum Gasteiger partial charge on any atom is -0.352 e. The highest BCUT2D eigenvalue weighted by atomic mass is 35.5. The van der Waals surface area contributed by atoms with Crippen LogP contribution in [-0.4, -0.2) is 39.5 Å². The molecule has 9 heteroatoms. The minimum atomic E-state index is -3.76. The fourth-order valence-electron chi connectivity index (χ4n) is 2.50. The Morgan fingerprint density at radius 3 is 2.54 bits per heavy atom. The number of carbonyl (C=O) groups is 1. The van der Waals surface area contributed by atoms with E-state index in [1.165, 1.54) is 31.2 Å². The number of hydrogen-bond donors (Lipinski definition) is 3. The van der Waals surface area contributed by atoms with Crippen molar-refractivity contribution in [3.05, 3.63) is 29.3 Å². The predicted molar refractivity (Wildman–Crippen MR) is 97.1 cm³/mol. The van der Waals surface area contributed by atoms with E-state index in [4.69, 9.17) is 11.6 Å². The molecule has 24 heavy (non-hydrogen) atoms. The number of nitrogens with one attached hydrogen (secondary N) is 3. The lowest BCUT2D eigenvalue weighted by Gasteiger charge is -2.31. The molecule has 1 fully saturated rings. The Kier molecular flexibility index (Phi) is 7.95. The summed E-state index contributed by atoms with van der Waals surface area (Å²) in [4.78, 5) is 12.3. The summed E-state index contributed by atoms with van der Waals surface area (Å²) in [5.74, 6) is -0.00550. The molecule has 2 rings (SSSR count). The van der Waals surface area contributed by atoms with Gasteiger partial charge in [-0.15, -0.1) is 12.4 Å². The average Bonchev–Trinajstić information content (AvgIpc) is 2.49. The molecule has 136 valence electrons. The summed E-state index contributed by atoms with van der Waals surface area (Å²) in [5.41, 5.74) is 0. The lowest BCUT2D eigenvalue weighted by molar-refractivity contribution is -0.123. The lowest BCUT2D eigenvalue weighted by Crippen LogP contribution is -2.53. The molecule has 3 atom stereocenters. The van der Waals surface area contributed by atoms with Crippen molar-refractivity contribution >= 4 is 39.9 Å². The number of piperidine rings is 1. The zero-order valence-electron chi connectivity index (χ0n) is 13.6. The number of halogens is 2. The van der Waals surface area contributed by atoms with Crippen molar-refractivity contribution in [3.8, 4) is 0 Å². The van der Waals surface area contributed by atoms with Crippen LogP contribution in [0.1, 0.15) is 20.3 Å². The van der Waals surface area contributed by atoms with Crippen molar-refractivity contribution < 1.29 is 13.2 Å². The molecular weight excluding hydrogens is 373 g/mol. The van der Waals surface area contributed by atoms with E-state index in [0.29, 0.717) is 10.9 Å². The minimum absolute atomic E-state index is 0. The molecule has 1 aromatic carbocycles. The van der Waals surface area contributed by atoms with Crippen LogP contribution in [0.4, 0.5) is 0 Å². The highest BCUT2D eigenvalue weighted by molar-refractivity contribution is 7.89. The van der Waals surface area contributed by atoms with Crippen molar-refractivity contribution in [2.24, 2.45) is 5.92 Å². The largest absolute Gasteiger partial charge is 0.352 e. The van der Waals surface area contributed by atoms with Gasteiger partial charge in [-0.25, -0.2) is 8.42 Å². The van der Waals surface area contributed by atoms with Crippen molar-refractivity contribution in [2.75, 3.05) is 13.1 Å². The van der Waals surface area contributed by atoms with Crippen LogP contribution in [0.3, 0.4) is 0 Å². The monoisotopic (exact) mass is 395 g/mol. The van der Waals surface area contributed by atoms with Crippen molar-refractivity contribution in [1.82, 2.24) is 15.4 Å². The van der Waals surface area contributed by atoms with E-state index < -0.39 is 16.1 Å². The Bertz CT molecular complexity index is 652. The summed E-state index contributed by atoms with van der Waals surface area (Å²) in [6.07, 6.45) is 0.837. The van der Waals surface area contributed by atoms with Gasteiger partial charge in [0.15, 0.2) is 0 Å². The number of carbonyl (C=O) groups excluding carboxylic acids is 1. The molecule has 1 saturated heterocycles. The van der Waals surface area contributed by atoms with Gasteiger partial charge in [0.25, 0.3) is 0 Å². The quantitative estimate of drug-likeness (QED) is 0.705. The molecule has 1 heterocycles. The maximum atomic E-state index is 12.3. The van der Waals surface area contributed by atoms with Gasteiger partial charge in [0.05, 0.1) is 10.9 Å². The van der Waals surface area contributed by atoms with E-state index >= 15 is 0 Å². The third-order valence-corrected chi connectivity index (χ3v) is 5.77. The van der Waals surface area contributed by atoms with Gasteiger partial charge in [0.2, 0.25) is 15.9 Å². The van der Waals surface area contributed by atoms with Gasteiger partial charge >= 0.3 is 0 Å². The number of amides is 1. The lowest BCUT2D eigenvalue weighted by atomic mass is 9.95. The average molecular weight is 396 g/mol. The highest BCUT2D eigenvalue weighted by Gasteiger charge is 2.27. The Morgan fingerprint density at radius 1 is 1.33 bits per heavy atom. The number of rotatable bonds is 5. The van der Waals surface area contributed by atoms with Gasteiger partial charge in [-0.2, -0.15) is 4.72 Å². The van der Waals surface area contributed by atoms with Crippen molar-refractivity contribution in [1.29, 1.82) is 0 Å². The van der Waals surface area contributed by atoms with Gasteiger partial charge in [-0.05, 0) is 56.6 Å². The van der Waals surface area contributed by atoms with Crippen molar-refractivity contribution in [3.63, 3.8) is 0 Å². The second kappa shape index (κ2) is 9.01. The van der Waals surface area contributed by atoms with E-state index in [1.54, 1.807) is 0 Å². The maximum Gasteiger partial charge on any atom is 0.241 e. The summed E-state index contributed by atoms with van der Waals surface area (Å²) in [7, 11) is -3.76. The molecule has 6 nitrogen and oxygen atoms in total. The SMILES string of the molecule is CC(NS(=O)(=O)c1ccc(Cl)cc1)C(=O)NC1CCNCC1C.Cl. The molecule has 3 unspecified atom stereocenters. The summed E-state index contributed by atoms with van der Waals surface area (Å²) >= 11 is 5.76. The molecule has 0 saturated carbocycles. The molecule has 3 N–H and O–H groups in total. The zero-order chi connectivity index (χ0) is 17.0. The molecule has 0 spiro atoms. The van der Waals surface area contributed by atoms with Crippen LogP contribution in [-0.2, 0) is 14.8 Å². The zero-order valence-corrected chi connectivity index (χ0v) is 16.0. The third kappa shape index (κ3) is 5.60. The predicted octanol–water partition coefficient (Wildman–Crippen LogP) is 1.54. The number of sulfonamides is 1. The molecule has 1 aliphatic rings.